The third kappa shape index (κ3) is 5.45. The Kier molecular flexibility index (Phi) is 6.86. The summed E-state index contributed by atoms with van der Waals surface area (Å²) in [6, 6.07) is 16.1. The number of hydrogen-bond donors (Lipinski definition) is 0. The van der Waals surface area contributed by atoms with Gasteiger partial charge in [-0.3, -0.25) is 14.9 Å². The van der Waals surface area contributed by atoms with Crippen molar-refractivity contribution in [1.29, 1.82) is 0 Å². The largest absolute Gasteiger partial charge is 0.374 e. The summed E-state index contributed by atoms with van der Waals surface area (Å²) in [7, 11) is 0. The number of ether oxygens (including phenoxy) is 3. The lowest BCUT2D eigenvalue weighted by molar-refractivity contribution is -0.388. The number of nitrogens with zero attached hydrogens (tertiary/aromatic N) is 1. The summed E-state index contributed by atoms with van der Waals surface area (Å²) in [4.78, 5) is 22.5. The maximum absolute atomic E-state index is 11.6. The van der Waals surface area contributed by atoms with E-state index in [1.807, 2.05) is 30.3 Å². The average molecular weight is 385 g/mol. The van der Waals surface area contributed by atoms with Gasteiger partial charge in [0.2, 0.25) is 0 Å². The molecule has 1 saturated heterocycles. The van der Waals surface area contributed by atoms with E-state index in [2.05, 4.69) is 0 Å². The predicted octanol–water partition coefficient (Wildman–Crippen LogP) is 3.96. The zero-order valence-electron chi connectivity index (χ0n) is 15.7. The number of benzene rings is 2. The standard InChI is InChI=1S/C21H23NO6/c1-15(23)11-17-12-18(14-26-13-16-7-3-2-4-8-16)28-21(27-17)19-9-5-6-10-20(19)22(24)25/h2-10,17-18,21H,11-14H2,1H3/t17-,18-,21-/m1/s1. The summed E-state index contributed by atoms with van der Waals surface area (Å²) >= 11 is 0. The molecule has 0 aliphatic carbocycles. The Balaban J connectivity index is 1.70. The normalized spacial score (nSPS) is 22.0. The van der Waals surface area contributed by atoms with Crippen LogP contribution in [0.4, 0.5) is 5.69 Å². The van der Waals surface area contributed by atoms with Crippen molar-refractivity contribution >= 4 is 11.5 Å². The van der Waals surface area contributed by atoms with Crippen molar-refractivity contribution in [2.75, 3.05) is 6.61 Å². The predicted molar refractivity (Wildman–Crippen MR) is 102 cm³/mol. The molecule has 0 N–H and O–H groups in total. The smallest absolute Gasteiger partial charge is 0.277 e. The first-order valence-electron chi connectivity index (χ1n) is 9.18. The van der Waals surface area contributed by atoms with Gasteiger partial charge in [0, 0.05) is 18.9 Å². The highest BCUT2D eigenvalue weighted by atomic mass is 16.7. The first-order valence-corrected chi connectivity index (χ1v) is 9.18. The third-order valence-corrected chi connectivity index (χ3v) is 4.48. The van der Waals surface area contributed by atoms with Gasteiger partial charge in [0.05, 0.1) is 35.9 Å². The molecule has 0 spiro atoms. The fourth-order valence-electron chi connectivity index (χ4n) is 3.23. The Morgan fingerprint density at radius 3 is 2.50 bits per heavy atom. The van der Waals surface area contributed by atoms with E-state index in [1.165, 1.54) is 13.0 Å². The summed E-state index contributed by atoms with van der Waals surface area (Å²) in [6.07, 6.45) is -0.890. The molecule has 28 heavy (non-hydrogen) atoms. The van der Waals surface area contributed by atoms with Crippen molar-refractivity contribution < 1.29 is 23.9 Å². The first-order chi connectivity index (χ1) is 13.5. The van der Waals surface area contributed by atoms with E-state index < -0.39 is 11.2 Å². The van der Waals surface area contributed by atoms with Crippen LogP contribution >= 0.6 is 0 Å². The molecular formula is C21H23NO6. The number of rotatable bonds is 8. The quantitative estimate of drug-likeness (QED) is 0.505. The summed E-state index contributed by atoms with van der Waals surface area (Å²) in [6.45, 7) is 2.25. The van der Waals surface area contributed by atoms with Crippen LogP contribution < -0.4 is 0 Å². The van der Waals surface area contributed by atoms with Gasteiger partial charge in [-0.1, -0.05) is 42.5 Å². The molecule has 7 nitrogen and oxygen atoms in total. The van der Waals surface area contributed by atoms with Crippen LogP contribution in [0, 0.1) is 10.1 Å². The Morgan fingerprint density at radius 2 is 1.79 bits per heavy atom. The molecule has 0 radical (unpaired) electrons. The maximum Gasteiger partial charge on any atom is 0.277 e. The van der Waals surface area contributed by atoms with Crippen molar-refractivity contribution in [2.45, 2.75) is 44.9 Å². The van der Waals surface area contributed by atoms with Crippen LogP contribution in [0.1, 0.15) is 37.2 Å². The molecule has 148 valence electrons. The highest BCUT2D eigenvalue weighted by Gasteiger charge is 2.35. The number of para-hydroxylation sites is 1. The summed E-state index contributed by atoms with van der Waals surface area (Å²) in [5.74, 6) is -0.00262. The number of carbonyl (C=O) groups is 1. The Bertz CT molecular complexity index is 810. The zero-order valence-corrected chi connectivity index (χ0v) is 15.7. The van der Waals surface area contributed by atoms with Gasteiger partial charge in [-0.15, -0.1) is 0 Å². The molecule has 0 aromatic heterocycles. The molecule has 2 aromatic rings. The molecule has 1 aliphatic rings. The van der Waals surface area contributed by atoms with Gasteiger partial charge in [0.15, 0.2) is 6.29 Å². The molecule has 3 atom stereocenters. The van der Waals surface area contributed by atoms with E-state index in [0.29, 0.717) is 25.2 Å². The minimum Gasteiger partial charge on any atom is -0.374 e. The summed E-state index contributed by atoms with van der Waals surface area (Å²) < 4.78 is 17.6. The number of hydrogen-bond acceptors (Lipinski definition) is 6. The Morgan fingerprint density at radius 1 is 1.11 bits per heavy atom. The number of Topliss-reactive ketones (excluding diaryl/α,β-unsaturated/α-hetero) is 1. The van der Waals surface area contributed by atoms with Crippen LogP contribution in [-0.4, -0.2) is 29.5 Å². The second-order valence-electron chi connectivity index (χ2n) is 6.81. The fourth-order valence-corrected chi connectivity index (χ4v) is 3.23. The number of carbonyl (C=O) groups excluding carboxylic acids is 1. The minimum atomic E-state index is -0.912. The highest BCUT2D eigenvalue weighted by molar-refractivity contribution is 5.76. The van der Waals surface area contributed by atoms with Gasteiger partial charge in [0.25, 0.3) is 5.69 Å². The molecule has 0 bridgehead atoms. The van der Waals surface area contributed by atoms with Crippen molar-refractivity contribution in [3.8, 4) is 0 Å². The second kappa shape index (κ2) is 9.54. The fraction of sp³-hybridized carbons (Fsp3) is 0.381. The second-order valence-corrected chi connectivity index (χ2v) is 6.81. The van der Waals surface area contributed by atoms with Gasteiger partial charge in [-0.25, -0.2) is 0 Å². The van der Waals surface area contributed by atoms with E-state index in [-0.39, 0.29) is 30.1 Å². The molecule has 0 unspecified atom stereocenters. The van der Waals surface area contributed by atoms with E-state index >= 15 is 0 Å². The molecular weight excluding hydrogens is 362 g/mol. The zero-order chi connectivity index (χ0) is 19.9. The molecule has 1 aliphatic heterocycles. The van der Waals surface area contributed by atoms with Gasteiger partial charge in [-0.05, 0) is 18.6 Å². The number of nitro groups is 1. The molecule has 0 amide bonds. The monoisotopic (exact) mass is 385 g/mol. The topological polar surface area (TPSA) is 87.9 Å². The first kappa shape index (κ1) is 20.1. The molecule has 3 rings (SSSR count). The molecule has 0 saturated carbocycles. The van der Waals surface area contributed by atoms with Crippen LogP contribution in [-0.2, 0) is 25.6 Å². The Hall–Kier alpha value is -2.61. The van der Waals surface area contributed by atoms with Crippen LogP contribution in [0.25, 0.3) is 0 Å². The Labute approximate surface area is 163 Å². The molecule has 1 fully saturated rings. The number of nitro benzene ring substituents is 1. The maximum atomic E-state index is 11.6. The molecule has 7 heteroatoms. The van der Waals surface area contributed by atoms with Gasteiger partial charge >= 0.3 is 0 Å². The van der Waals surface area contributed by atoms with Crippen LogP contribution in [0.3, 0.4) is 0 Å². The summed E-state index contributed by atoms with van der Waals surface area (Å²) in [5, 5.41) is 11.3. The lowest BCUT2D eigenvalue weighted by Gasteiger charge is -2.35. The van der Waals surface area contributed by atoms with Gasteiger partial charge in [-0.2, -0.15) is 0 Å². The van der Waals surface area contributed by atoms with Crippen molar-refractivity contribution in [2.24, 2.45) is 0 Å². The van der Waals surface area contributed by atoms with E-state index in [9.17, 15) is 14.9 Å². The lowest BCUT2D eigenvalue weighted by Crippen LogP contribution is -2.37. The van der Waals surface area contributed by atoms with E-state index in [4.69, 9.17) is 14.2 Å². The lowest BCUT2D eigenvalue weighted by atomic mass is 10.0. The highest BCUT2D eigenvalue weighted by Crippen LogP contribution is 2.35. The minimum absolute atomic E-state index is 0.00262. The van der Waals surface area contributed by atoms with E-state index in [1.54, 1.807) is 18.2 Å². The van der Waals surface area contributed by atoms with Crippen molar-refractivity contribution in [1.82, 2.24) is 0 Å². The van der Waals surface area contributed by atoms with E-state index in [0.717, 1.165) is 5.56 Å². The SMILES string of the molecule is CC(=O)C[C@@H]1C[C@H](COCc2ccccc2)O[C@H](c2ccccc2[N+](=O)[O-])O1. The number of ketones is 1. The third-order valence-electron chi connectivity index (χ3n) is 4.48. The van der Waals surface area contributed by atoms with Crippen molar-refractivity contribution in [3.05, 3.63) is 75.8 Å². The summed E-state index contributed by atoms with van der Waals surface area (Å²) in [5.41, 5.74) is 1.32. The van der Waals surface area contributed by atoms with Crippen LogP contribution in [0.2, 0.25) is 0 Å². The molecule has 2 aromatic carbocycles. The van der Waals surface area contributed by atoms with Crippen LogP contribution in [0.15, 0.2) is 54.6 Å². The van der Waals surface area contributed by atoms with Gasteiger partial charge in [0.1, 0.15) is 5.78 Å². The van der Waals surface area contributed by atoms with Crippen LogP contribution in [0.5, 0.6) is 0 Å². The molecule has 1 heterocycles. The average Bonchev–Trinajstić information content (AvgIpc) is 2.68. The van der Waals surface area contributed by atoms with Gasteiger partial charge < -0.3 is 14.2 Å². The van der Waals surface area contributed by atoms with Crippen molar-refractivity contribution in [3.63, 3.8) is 0 Å².